The number of alkyl halides is 3. The first kappa shape index (κ1) is 14.5. The molecule has 1 atom stereocenters. The number of thiophene rings is 1. The summed E-state index contributed by atoms with van der Waals surface area (Å²) in [5.41, 5.74) is 0.983. The zero-order valence-corrected chi connectivity index (χ0v) is 10.6. The highest BCUT2D eigenvalue weighted by atomic mass is 32.1. The number of hydrogen-bond donors (Lipinski definition) is 1. The number of ether oxygens (including phenoxy) is 1. The van der Waals surface area contributed by atoms with Gasteiger partial charge in [0, 0.05) is 4.88 Å². The van der Waals surface area contributed by atoms with Gasteiger partial charge in [-0.15, -0.1) is 11.3 Å². The van der Waals surface area contributed by atoms with Crippen molar-refractivity contribution in [2.75, 3.05) is 19.8 Å². The van der Waals surface area contributed by atoms with Crippen LogP contribution in [0, 0.1) is 6.92 Å². The van der Waals surface area contributed by atoms with Crippen LogP contribution >= 0.6 is 11.3 Å². The minimum absolute atomic E-state index is 0.0313. The first-order valence-corrected chi connectivity index (χ1v) is 6.23. The van der Waals surface area contributed by atoms with Gasteiger partial charge in [-0.1, -0.05) is 6.92 Å². The largest absolute Gasteiger partial charge is 0.411 e. The van der Waals surface area contributed by atoms with Crippen molar-refractivity contribution in [1.29, 1.82) is 0 Å². The van der Waals surface area contributed by atoms with Crippen molar-refractivity contribution in [3.8, 4) is 0 Å². The molecule has 0 amide bonds. The summed E-state index contributed by atoms with van der Waals surface area (Å²) in [5, 5.41) is 5.06. The highest BCUT2D eigenvalue weighted by molar-refractivity contribution is 7.10. The molecule has 0 bridgehead atoms. The summed E-state index contributed by atoms with van der Waals surface area (Å²) in [6, 6.07) is 1.79. The first-order valence-electron chi connectivity index (χ1n) is 5.35. The Balaban J connectivity index is 2.49. The Kier molecular flexibility index (Phi) is 5.42. The normalized spacial score (nSPS) is 13.9. The number of halogens is 3. The number of nitrogens with one attached hydrogen (secondary N) is 1. The molecule has 17 heavy (non-hydrogen) atoms. The van der Waals surface area contributed by atoms with Crippen LogP contribution in [0.3, 0.4) is 0 Å². The van der Waals surface area contributed by atoms with E-state index in [0.717, 1.165) is 10.4 Å². The van der Waals surface area contributed by atoms with Gasteiger partial charge in [0.2, 0.25) is 0 Å². The SMILES string of the molecule is CCNC(COCC(F)(F)F)c1csc(C)c1. The first-order chi connectivity index (χ1) is 7.92. The molecule has 1 heterocycles. The minimum atomic E-state index is -4.26. The van der Waals surface area contributed by atoms with Crippen molar-refractivity contribution < 1.29 is 17.9 Å². The third-order valence-corrected chi connectivity index (χ3v) is 3.03. The maximum absolute atomic E-state index is 12.0. The molecule has 6 heteroatoms. The van der Waals surface area contributed by atoms with Crippen molar-refractivity contribution in [1.82, 2.24) is 5.32 Å². The predicted molar refractivity (Wildman–Crippen MR) is 62.3 cm³/mol. The fraction of sp³-hybridized carbons (Fsp3) is 0.636. The molecule has 1 aromatic heterocycles. The molecule has 1 N–H and O–H groups in total. The van der Waals surface area contributed by atoms with E-state index < -0.39 is 12.8 Å². The average molecular weight is 267 g/mol. The van der Waals surface area contributed by atoms with E-state index in [9.17, 15) is 13.2 Å². The molecule has 0 aliphatic heterocycles. The molecule has 0 aromatic carbocycles. The second-order valence-electron chi connectivity index (χ2n) is 3.73. The monoisotopic (exact) mass is 267 g/mol. The van der Waals surface area contributed by atoms with E-state index in [1.54, 1.807) is 11.3 Å². The third kappa shape index (κ3) is 5.52. The van der Waals surface area contributed by atoms with E-state index in [2.05, 4.69) is 5.32 Å². The summed E-state index contributed by atoms with van der Waals surface area (Å²) in [6.07, 6.45) is -4.26. The van der Waals surface area contributed by atoms with Gasteiger partial charge in [0.25, 0.3) is 0 Å². The number of aryl methyl sites for hydroxylation is 1. The van der Waals surface area contributed by atoms with Crippen LogP contribution in [0.1, 0.15) is 23.4 Å². The second-order valence-corrected chi connectivity index (χ2v) is 4.85. The van der Waals surface area contributed by atoms with Crippen molar-refractivity contribution in [2.24, 2.45) is 0 Å². The highest BCUT2D eigenvalue weighted by Crippen LogP contribution is 2.22. The smallest absolute Gasteiger partial charge is 0.370 e. The maximum atomic E-state index is 12.0. The lowest BCUT2D eigenvalue weighted by atomic mass is 10.1. The van der Waals surface area contributed by atoms with Crippen LogP contribution in [-0.2, 0) is 4.74 Å². The zero-order chi connectivity index (χ0) is 12.9. The Bertz CT molecular complexity index is 338. The van der Waals surface area contributed by atoms with Crippen molar-refractivity contribution in [3.63, 3.8) is 0 Å². The Morgan fingerprint density at radius 2 is 2.18 bits per heavy atom. The zero-order valence-electron chi connectivity index (χ0n) is 9.80. The molecule has 0 radical (unpaired) electrons. The van der Waals surface area contributed by atoms with Gasteiger partial charge < -0.3 is 10.1 Å². The van der Waals surface area contributed by atoms with Crippen LogP contribution in [0.5, 0.6) is 0 Å². The Hall–Kier alpha value is -0.590. The molecule has 1 rings (SSSR count). The third-order valence-electron chi connectivity index (χ3n) is 2.15. The van der Waals surface area contributed by atoms with Crippen LogP contribution < -0.4 is 5.32 Å². The topological polar surface area (TPSA) is 21.3 Å². The molecule has 0 aliphatic rings. The van der Waals surface area contributed by atoms with Gasteiger partial charge in [0.15, 0.2) is 0 Å². The van der Waals surface area contributed by atoms with Crippen LogP contribution in [0.4, 0.5) is 13.2 Å². The van der Waals surface area contributed by atoms with Gasteiger partial charge in [-0.2, -0.15) is 13.2 Å². The lowest BCUT2D eigenvalue weighted by molar-refractivity contribution is -0.175. The molecule has 0 saturated carbocycles. The molecule has 98 valence electrons. The molecular weight excluding hydrogens is 251 g/mol. The van der Waals surface area contributed by atoms with Gasteiger partial charge in [0.1, 0.15) is 6.61 Å². The molecule has 1 unspecified atom stereocenters. The van der Waals surface area contributed by atoms with Gasteiger partial charge in [-0.25, -0.2) is 0 Å². The fourth-order valence-electron chi connectivity index (χ4n) is 1.46. The van der Waals surface area contributed by atoms with E-state index in [-0.39, 0.29) is 12.6 Å². The van der Waals surface area contributed by atoms with E-state index in [4.69, 9.17) is 4.74 Å². The van der Waals surface area contributed by atoms with Crippen molar-refractivity contribution >= 4 is 11.3 Å². The lowest BCUT2D eigenvalue weighted by Crippen LogP contribution is -2.27. The van der Waals surface area contributed by atoms with E-state index in [1.807, 2.05) is 25.3 Å². The molecule has 0 fully saturated rings. The van der Waals surface area contributed by atoms with Gasteiger partial charge in [-0.3, -0.25) is 0 Å². The summed E-state index contributed by atoms with van der Waals surface area (Å²) >= 11 is 1.58. The Morgan fingerprint density at radius 3 is 2.65 bits per heavy atom. The van der Waals surface area contributed by atoms with Crippen LogP contribution in [-0.4, -0.2) is 25.9 Å². The molecule has 1 aromatic rings. The Morgan fingerprint density at radius 1 is 1.47 bits per heavy atom. The molecule has 0 spiro atoms. The second kappa shape index (κ2) is 6.37. The number of rotatable bonds is 6. The van der Waals surface area contributed by atoms with Gasteiger partial charge >= 0.3 is 6.18 Å². The maximum Gasteiger partial charge on any atom is 0.411 e. The van der Waals surface area contributed by atoms with Crippen molar-refractivity contribution in [2.45, 2.75) is 26.1 Å². The number of likely N-dealkylation sites (N-methyl/N-ethyl adjacent to an activating group) is 1. The molecule has 2 nitrogen and oxygen atoms in total. The number of hydrogen-bond acceptors (Lipinski definition) is 3. The van der Waals surface area contributed by atoms with Crippen LogP contribution in [0.25, 0.3) is 0 Å². The van der Waals surface area contributed by atoms with Crippen molar-refractivity contribution in [3.05, 3.63) is 21.9 Å². The van der Waals surface area contributed by atoms with E-state index in [1.165, 1.54) is 0 Å². The standard InChI is InChI=1S/C11H16F3NOS/c1-3-15-10(5-16-7-11(12,13)14)9-4-8(2)17-6-9/h4,6,10,15H,3,5,7H2,1-2H3. The summed E-state index contributed by atoms with van der Waals surface area (Å²) in [5.74, 6) is 0. The molecular formula is C11H16F3NOS. The van der Waals surface area contributed by atoms with E-state index in [0.29, 0.717) is 6.54 Å². The van der Waals surface area contributed by atoms with Crippen LogP contribution in [0.15, 0.2) is 11.4 Å². The summed E-state index contributed by atoms with van der Waals surface area (Å²) < 4.78 is 40.6. The van der Waals surface area contributed by atoms with Gasteiger partial charge in [0.05, 0.1) is 12.6 Å². The average Bonchev–Trinajstić information content (AvgIpc) is 2.62. The highest BCUT2D eigenvalue weighted by Gasteiger charge is 2.28. The minimum Gasteiger partial charge on any atom is -0.370 e. The van der Waals surface area contributed by atoms with Crippen LogP contribution in [0.2, 0.25) is 0 Å². The lowest BCUT2D eigenvalue weighted by Gasteiger charge is -2.17. The van der Waals surface area contributed by atoms with E-state index >= 15 is 0 Å². The fourth-order valence-corrected chi connectivity index (χ4v) is 2.22. The predicted octanol–water partition coefficient (Wildman–Crippen LogP) is 3.29. The van der Waals surface area contributed by atoms with Gasteiger partial charge in [-0.05, 0) is 30.5 Å². The molecule has 0 saturated heterocycles. The quantitative estimate of drug-likeness (QED) is 0.854. The Labute approximate surface area is 103 Å². The molecule has 0 aliphatic carbocycles. The summed E-state index contributed by atoms with van der Waals surface area (Å²) in [4.78, 5) is 1.14. The summed E-state index contributed by atoms with van der Waals surface area (Å²) in [7, 11) is 0. The summed E-state index contributed by atoms with van der Waals surface area (Å²) in [6.45, 7) is 3.40.